The maximum Gasteiger partial charge on any atom is 0.243 e. The summed E-state index contributed by atoms with van der Waals surface area (Å²) < 4.78 is 11.5. The molecule has 0 bridgehead atoms. The van der Waals surface area contributed by atoms with Crippen molar-refractivity contribution in [2.24, 2.45) is 0 Å². The first-order valence-corrected chi connectivity index (χ1v) is 16.4. The van der Waals surface area contributed by atoms with Crippen LogP contribution in [0.25, 0.3) is 10.9 Å². The summed E-state index contributed by atoms with van der Waals surface area (Å²) in [6.45, 7) is 11.8. The molecule has 2 atom stereocenters. The van der Waals surface area contributed by atoms with Gasteiger partial charge in [-0.3, -0.25) is 14.5 Å². The van der Waals surface area contributed by atoms with Crippen LogP contribution in [0.5, 0.6) is 11.5 Å². The van der Waals surface area contributed by atoms with E-state index in [0.717, 1.165) is 48.0 Å². The quantitative estimate of drug-likeness (QED) is 0.259. The van der Waals surface area contributed by atoms with Crippen LogP contribution >= 0.6 is 0 Å². The minimum atomic E-state index is -0.735. The van der Waals surface area contributed by atoms with Gasteiger partial charge in [0.15, 0.2) is 11.5 Å². The van der Waals surface area contributed by atoms with Gasteiger partial charge in [0.05, 0.1) is 19.8 Å². The predicted molar refractivity (Wildman–Crippen MR) is 174 cm³/mol. The number of nitrogens with zero attached hydrogens (tertiary/aromatic N) is 2. The second-order valence-corrected chi connectivity index (χ2v) is 12.1. The Kier molecular flexibility index (Phi) is 11.2. The standard InChI is InChI=1S/C35H49N5O4/c1-4-43-31-14-13-26(21-32(31)44-5-2)22-37-35(42)34(25(3)29-23-36-30-12-8-7-11-28(29)30)38-33(41)24-39-19-15-27(16-20-39)40-17-9-6-10-18-40/h7-8,11-14,21,23,25,27,34,36H,4-6,9-10,15-20,22,24H2,1-3H3,(H,37,42)(H,38,41). The van der Waals surface area contributed by atoms with E-state index in [1.54, 1.807) is 0 Å². The Hall–Kier alpha value is -3.56. The molecule has 3 N–H and O–H groups in total. The van der Waals surface area contributed by atoms with E-state index in [2.05, 4.69) is 31.5 Å². The molecule has 5 rings (SSSR count). The first kappa shape index (κ1) is 31.9. The number of ether oxygens (including phenoxy) is 2. The molecule has 2 aliphatic heterocycles. The van der Waals surface area contributed by atoms with Crippen molar-refractivity contribution in [2.75, 3.05) is 45.9 Å². The summed E-state index contributed by atoms with van der Waals surface area (Å²) in [6, 6.07) is 13.7. The van der Waals surface area contributed by atoms with Gasteiger partial charge in [-0.1, -0.05) is 37.6 Å². The monoisotopic (exact) mass is 603 g/mol. The molecule has 2 amide bonds. The zero-order chi connectivity index (χ0) is 30.9. The van der Waals surface area contributed by atoms with Gasteiger partial charge in [0.1, 0.15) is 6.04 Å². The molecule has 1 aromatic heterocycles. The number of benzene rings is 2. The second-order valence-electron chi connectivity index (χ2n) is 12.1. The molecule has 3 heterocycles. The molecule has 9 nitrogen and oxygen atoms in total. The summed E-state index contributed by atoms with van der Waals surface area (Å²) in [7, 11) is 0. The van der Waals surface area contributed by atoms with Crippen molar-refractivity contribution >= 4 is 22.7 Å². The van der Waals surface area contributed by atoms with Crippen LogP contribution in [0.1, 0.15) is 69.9 Å². The normalized spacial score (nSPS) is 18.1. The number of H-pyrrole nitrogens is 1. The first-order valence-electron chi connectivity index (χ1n) is 16.4. The average Bonchev–Trinajstić information content (AvgIpc) is 3.48. The van der Waals surface area contributed by atoms with E-state index >= 15 is 0 Å². The summed E-state index contributed by atoms with van der Waals surface area (Å²) in [6.07, 6.45) is 8.08. The molecule has 2 unspecified atom stereocenters. The fraction of sp³-hybridized carbons (Fsp3) is 0.543. The van der Waals surface area contributed by atoms with Gasteiger partial charge in [-0.05, 0) is 81.9 Å². The molecule has 0 aliphatic carbocycles. The Morgan fingerprint density at radius 2 is 1.68 bits per heavy atom. The molecule has 2 fully saturated rings. The number of piperidine rings is 2. The lowest BCUT2D eigenvalue weighted by atomic mass is 9.92. The number of hydrogen-bond donors (Lipinski definition) is 3. The number of hydrogen-bond acceptors (Lipinski definition) is 6. The van der Waals surface area contributed by atoms with Crippen molar-refractivity contribution in [1.82, 2.24) is 25.4 Å². The molecular formula is C35H49N5O4. The van der Waals surface area contributed by atoms with Crippen LogP contribution in [0.2, 0.25) is 0 Å². The Labute approximate surface area is 261 Å². The molecule has 44 heavy (non-hydrogen) atoms. The van der Waals surface area contributed by atoms with Crippen LogP contribution in [0.4, 0.5) is 0 Å². The lowest BCUT2D eigenvalue weighted by Crippen LogP contribution is -2.53. The van der Waals surface area contributed by atoms with Crippen molar-refractivity contribution < 1.29 is 19.1 Å². The van der Waals surface area contributed by atoms with Gasteiger partial charge in [0.2, 0.25) is 11.8 Å². The highest BCUT2D eigenvalue weighted by Crippen LogP contribution is 2.30. The predicted octanol–water partition coefficient (Wildman–Crippen LogP) is 4.82. The molecule has 2 aromatic carbocycles. The van der Waals surface area contributed by atoms with Gasteiger partial charge in [0.25, 0.3) is 0 Å². The number of aromatic nitrogens is 1. The smallest absolute Gasteiger partial charge is 0.243 e. The first-order chi connectivity index (χ1) is 21.5. The van der Waals surface area contributed by atoms with Crippen molar-refractivity contribution in [2.45, 2.75) is 77.4 Å². The second kappa shape index (κ2) is 15.4. The third kappa shape index (κ3) is 7.93. The number of rotatable bonds is 13. The van der Waals surface area contributed by atoms with Gasteiger partial charge in [0, 0.05) is 48.7 Å². The van der Waals surface area contributed by atoms with Crippen molar-refractivity contribution in [3.63, 3.8) is 0 Å². The molecule has 2 aliphatic rings. The largest absolute Gasteiger partial charge is 0.490 e. The molecule has 2 saturated heterocycles. The van der Waals surface area contributed by atoms with E-state index in [0.29, 0.717) is 43.8 Å². The maximum absolute atomic E-state index is 13.8. The molecule has 0 radical (unpaired) electrons. The van der Waals surface area contributed by atoms with Gasteiger partial charge in [-0.2, -0.15) is 0 Å². The average molecular weight is 604 g/mol. The van der Waals surface area contributed by atoms with Gasteiger partial charge in [-0.15, -0.1) is 0 Å². The summed E-state index contributed by atoms with van der Waals surface area (Å²) in [5, 5.41) is 7.26. The van der Waals surface area contributed by atoms with E-state index in [1.807, 2.05) is 63.4 Å². The highest BCUT2D eigenvalue weighted by Gasteiger charge is 2.31. The third-order valence-electron chi connectivity index (χ3n) is 9.12. The van der Waals surface area contributed by atoms with Crippen LogP contribution in [0.3, 0.4) is 0 Å². The van der Waals surface area contributed by atoms with E-state index < -0.39 is 6.04 Å². The van der Waals surface area contributed by atoms with Crippen LogP contribution < -0.4 is 20.1 Å². The van der Waals surface area contributed by atoms with E-state index in [-0.39, 0.29) is 17.7 Å². The Morgan fingerprint density at radius 3 is 2.43 bits per heavy atom. The van der Waals surface area contributed by atoms with E-state index in [9.17, 15) is 9.59 Å². The SMILES string of the molecule is CCOc1ccc(CNC(=O)C(NC(=O)CN2CCC(N3CCCCC3)CC2)C(C)c2c[nH]c3ccccc23)cc1OCC. The molecule has 238 valence electrons. The van der Waals surface area contributed by atoms with Crippen molar-refractivity contribution in [3.05, 3.63) is 59.8 Å². The Bertz CT molecular complexity index is 1380. The van der Waals surface area contributed by atoms with Crippen LogP contribution in [0.15, 0.2) is 48.7 Å². The number of likely N-dealkylation sites (tertiary alicyclic amines) is 2. The maximum atomic E-state index is 13.8. The summed E-state index contributed by atoms with van der Waals surface area (Å²) in [4.78, 5) is 35.5. The van der Waals surface area contributed by atoms with E-state index in [4.69, 9.17) is 9.47 Å². The fourth-order valence-electron chi connectivity index (χ4n) is 6.72. The fourth-order valence-corrected chi connectivity index (χ4v) is 6.72. The lowest BCUT2D eigenvalue weighted by molar-refractivity contribution is -0.130. The topological polar surface area (TPSA) is 98.9 Å². The zero-order valence-corrected chi connectivity index (χ0v) is 26.6. The van der Waals surface area contributed by atoms with Crippen molar-refractivity contribution in [1.29, 1.82) is 0 Å². The number of fused-ring (bicyclic) bond motifs is 1. The lowest BCUT2D eigenvalue weighted by Gasteiger charge is -2.40. The highest BCUT2D eigenvalue weighted by molar-refractivity contribution is 5.91. The number of aromatic amines is 1. The number of amides is 2. The molecule has 9 heteroatoms. The van der Waals surface area contributed by atoms with Gasteiger partial charge >= 0.3 is 0 Å². The third-order valence-corrected chi connectivity index (χ3v) is 9.12. The minimum Gasteiger partial charge on any atom is -0.490 e. The molecule has 0 saturated carbocycles. The summed E-state index contributed by atoms with van der Waals surface area (Å²) >= 11 is 0. The van der Waals surface area contributed by atoms with Crippen LogP contribution in [-0.4, -0.2) is 84.6 Å². The Morgan fingerprint density at radius 1 is 0.955 bits per heavy atom. The summed E-state index contributed by atoms with van der Waals surface area (Å²) in [5.74, 6) is 0.753. The minimum absolute atomic E-state index is 0.118. The number of nitrogens with one attached hydrogen (secondary N) is 3. The van der Waals surface area contributed by atoms with Gasteiger partial charge in [-0.25, -0.2) is 0 Å². The number of carbonyl (C=O) groups is 2. The van der Waals surface area contributed by atoms with E-state index in [1.165, 1.54) is 32.4 Å². The highest BCUT2D eigenvalue weighted by atomic mass is 16.5. The number of carbonyl (C=O) groups excluding carboxylic acids is 2. The number of para-hydroxylation sites is 1. The van der Waals surface area contributed by atoms with Crippen molar-refractivity contribution in [3.8, 4) is 11.5 Å². The zero-order valence-electron chi connectivity index (χ0n) is 26.6. The van der Waals surface area contributed by atoms with Crippen LogP contribution in [0, 0.1) is 0 Å². The summed E-state index contributed by atoms with van der Waals surface area (Å²) in [5.41, 5.74) is 2.91. The van der Waals surface area contributed by atoms with Crippen LogP contribution in [-0.2, 0) is 16.1 Å². The molecular weight excluding hydrogens is 554 g/mol. The molecule has 3 aromatic rings. The molecule has 0 spiro atoms. The Balaban J connectivity index is 1.25. The van der Waals surface area contributed by atoms with Gasteiger partial charge < -0.3 is 30.0 Å².